The van der Waals surface area contributed by atoms with Crippen molar-refractivity contribution >= 4 is 11.9 Å². The number of carbonyl (C=O) groups excluding carboxylic acids is 2. The number of carbonyl (C=O) groups is 2. The van der Waals surface area contributed by atoms with E-state index in [9.17, 15) is 14.0 Å². The van der Waals surface area contributed by atoms with Crippen molar-refractivity contribution in [3.05, 3.63) is 60.2 Å². The molecule has 4 rings (SSSR count). The zero-order valence-electron chi connectivity index (χ0n) is 15.4. The van der Waals surface area contributed by atoms with Gasteiger partial charge in [-0.1, -0.05) is 17.3 Å². The Morgan fingerprint density at radius 2 is 2.03 bits per heavy atom. The molecule has 0 aliphatic carbocycles. The number of furan rings is 1. The van der Waals surface area contributed by atoms with Gasteiger partial charge in [-0.25, -0.2) is 9.18 Å². The molecule has 0 bridgehead atoms. The quantitative estimate of drug-likeness (QED) is 0.608. The van der Waals surface area contributed by atoms with Crippen molar-refractivity contribution in [2.45, 2.75) is 18.6 Å². The predicted molar refractivity (Wildman–Crippen MR) is 96.5 cm³/mol. The number of likely N-dealkylation sites (tertiary alicyclic amines) is 1. The third kappa shape index (κ3) is 3.71. The highest BCUT2D eigenvalue weighted by molar-refractivity contribution is 5.96. The third-order valence-electron chi connectivity index (χ3n) is 4.62. The van der Waals surface area contributed by atoms with E-state index < -0.39 is 29.8 Å². The van der Waals surface area contributed by atoms with Gasteiger partial charge in [-0.15, -0.1) is 0 Å². The van der Waals surface area contributed by atoms with E-state index in [1.54, 1.807) is 24.3 Å². The van der Waals surface area contributed by atoms with Crippen LogP contribution < -0.4 is 4.74 Å². The molecule has 1 aromatic carbocycles. The molecule has 1 saturated heterocycles. The number of para-hydroxylation sites is 1. The van der Waals surface area contributed by atoms with Crippen LogP contribution in [0, 0.1) is 5.82 Å². The van der Waals surface area contributed by atoms with E-state index in [-0.39, 0.29) is 30.2 Å². The number of hydrogen-bond donors (Lipinski definition) is 0. The molecule has 0 radical (unpaired) electrons. The Morgan fingerprint density at radius 1 is 1.21 bits per heavy atom. The number of methoxy groups -OCH3 is 1. The van der Waals surface area contributed by atoms with Gasteiger partial charge in [0.15, 0.2) is 23.0 Å². The molecule has 9 heteroatoms. The fraction of sp³-hybridized carbons (Fsp3) is 0.250. The van der Waals surface area contributed by atoms with Crippen molar-refractivity contribution in [3.8, 4) is 17.3 Å². The normalized spacial score (nSPS) is 18.6. The molecule has 2 unspecified atom stereocenters. The predicted octanol–water partition coefficient (Wildman–Crippen LogP) is 2.91. The van der Waals surface area contributed by atoms with E-state index in [0.29, 0.717) is 5.76 Å². The number of hydrogen-bond acceptors (Lipinski definition) is 7. The van der Waals surface area contributed by atoms with Crippen molar-refractivity contribution < 1.29 is 32.4 Å². The first-order chi connectivity index (χ1) is 14.1. The molecule has 29 heavy (non-hydrogen) atoms. The Labute approximate surface area is 164 Å². The first kappa shape index (κ1) is 18.7. The maximum absolute atomic E-state index is 13.9. The second-order valence-electron chi connectivity index (χ2n) is 6.46. The Morgan fingerprint density at radius 3 is 2.76 bits per heavy atom. The highest BCUT2D eigenvalue weighted by atomic mass is 19.1. The molecule has 3 aromatic rings. The second-order valence-corrected chi connectivity index (χ2v) is 6.46. The van der Waals surface area contributed by atoms with Gasteiger partial charge >= 0.3 is 5.97 Å². The summed E-state index contributed by atoms with van der Waals surface area (Å²) >= 11 is 0. The van der Waals surface area contributed by atoms with Gasteiger partial charge in [-0.3, -0.25) is 4.79 Å². The minimum Gasteiger partial charge on any atom is -0.485 e. The van der Waals surface area contributed by atoms with Crippen LogP contribution in [0.4, 0.5) is 4.39 Å². The minimum absolute atomic E-state index is 0.0110. The third-order valence-corrected chi connectivity index (χ3v) is 4.62. The lowest BCUT2D eigenvalue weighted by atomic mass is 10.2. The molecule has 3 heterocycles. The van der Waals surface area contributed by atoms with Gasteiger partial charge in [0.05, 0.1) is 19.9 Å². The lowest BCUT2D eigenvalue weighted by Gasteiger charge is -2.20. The summed E-state index contributed by atoms with van der Waals surface area (Å²) in [6, 6.07) is 9.84. The summed E-state index contributed by atoms with van der Waals surface area (Å²) in [5, 5.41) is 3.78. The van der Waals surface area contributed by atoms with Crippen molar-refractivity contribution in [3.63, 3.8) is 0 Å². The molecule has 2 aromatic heterocycles. The molecule has 1 fully saturated rings. The van der Waals surface area contributed by atoms with Crippen LogP contribution >= 0.6 is 0 Å². The summed E-state index contributed by atoms with van der Waals surface area (Å²) in [6.45, 7) is 0.0654. The smallest absolute Gasteiger partial charge is 0.328 e. The van der Waals surface area contributed by atoms with Crippen molar-refractivity contribution in [1.29, 1.82) is 0 Å². The Kier molecular flexibility index (Phi) is 5.03. The zero-order chi connectivity index (χ0) is 20.4. The molecule has 1 aliphatic heterocycles. The number of halogens is 1. The Hall–Kier alpha value is -3.62. The second kappa shape index (κ2) is 7.78. The van der Waals surface area contributed by atoms with Crippen LogP contribution in [0.25, 0.3) is 11.5 Å². The summed E-state index contributed by atoms with van der Waals surface area (Å²) in [4.78, 5) is 26.5. The summed E-state index contributed by atoms with van der Waals surface area (Å²) < 4.78 is 34.8. The maximum atomic E-state index is 13.9. The summed E-state index contributed by atoms with van der Waals surface area (Å²) in [5.41, 5.74) is 0.0110. The van der Waals surface area contributed by atoms with Gasteiger partial charge in [-0.2, -0.15) is 0 Å². The highest BCUT2D eigenvalue weighted by Crippen LogP contribution is 2.28. The molecule has 1 amide bonds. The molecular formula is C20H17FN2O6. The van der Waals surface area contributed by atoms with E-state index in [1.165, 1.54) is 36.5 Å². The van der Waals surface area contributed by atoms with Crippen LogP contribution in [0.15, 0.2) is 57.7 Å². The minimum atomic E-state index is -0.881. The maximum Gasteiger partial charge on any atom is 0.328 e. The SMILES string of the molecule is COC(=O)C1CC(Oc2ccccc2F)CN1C(=O)c1cc(-c2ccco2)on1. The van der Waals surface area contributed by atoms with Gasteiger partial charge in [0.1, 0.15) is 12.1 Å². The van der Waals surface area contributed by atoms with E-state index in [2.05, 4.69) is 5.16 Å². The average molecular weight is 400 g/mol. The zero-order valence-corrected chi connectivity index (χ0v) is 15.4. The Balaban J connectivity index is 1.54. The Bertz CT molecular complexity index is 1020. The van der Waals surface area contributed by atoms with E-state index in [1.807, 2.05) is 0 Å². The average Bonchev–Trinajstić information content (AvgIpc) is 3.48. The van der Waals surface area contributed by atoms with E-state index in [0.717, 1.165) is 0 Å². The van der Waals surface area contributed by atoms with Gasteiger partial charge in [0.2, 0.25) is 5.76 Å². The standard InChI is InChI=1S/C20H17FN2O6/c1-26-20(25)15-9-12(28-16-6-3-2-5-13(16)21)11-23(15)19(24)14-10-18(29-22-14)17-7-4-8-27-17/h2-8,10,12,15H,9,11H2,1H3. The lowest BCUT2D eigenvalue weighted by Crippen LogP contribution is -2.41. The molecule has 0 spiro atoms. The van der Waals surface area contributed by atoms with Crippen LogP contribution in [-0.2, 0) is 9.53 Å². The number of rotatable bonds is 5. The van der Waals surface area contributed by atoms with Crippen molar-refractivity contribution in [2.75, 3.05) is 13.7 Å². The van der Waals surface area contributed by atoms with Crippen LogP contribution in [0.5, 0.6) is 5.75 Å². The van der Waals surface area contributed by atoms with Crippen LogP contribution in [-0.4, -0.2) is 47.7 Å². The van der Waals surface area contributed by atoms with E-state index in [4.69, 9.17) is 18.4 Å². The molecule has 150 valence electrons. The highest BCUT2D eigenvalue weighted by Gasteiger charge is 2.42. The molecule has 2 atom stereocenters. The summed E-state index contributed by atoms with van der Waals surface area (Å²) in [5.74, 6) is -0.882. The number of ether oxygens (including phenoxy) is 2. The topological polar surface area (TPSA) is 95.0 Å². The van der Waals surface area contributed by atoms with Crippen LogP contribution in [0.3, 0.4) is 0 Å². The monoisotopic (exact) mass is 400 g/mol. The van der Waals surface area contributed by atoms with Crippen molar-refractivity contribution in [2.24, 2.45) is 0 Å². The molecule has 0 N–H and O–H groups in total. The van der Waals surface area contributed by atoms with Gasteiger partial charge in [0.25, 0.3) is 5.91 Å². The number of aromatic nitrogens is 1. The van der Waals surface area contributed by atoms with Crippen LogP contribution in [0.2, 0.25) is 0 Å². The summed E-state index contributed by atoms with van der Waals surface area (Å²) in [7, 11) is 1.24. The van der Waals surface area contributed by atoms with E-state index >= 15 is 0 Å². The first-order valence-corrected chi connectivity index (χ1v) is 8.87. The van der Waals surface area contributed by atoms with Gasteiger partial charge < -0.3 is 23.3 Å². The van der Waals surface area contributed by atoms with Gasteiger partial charge in [0, 0.05) is 12.5 Å². The number of benzene rings is 1. The van der Waals surface area contributed by atoms with Crippen molar-refractivity contribution in [1.82, 2.24) is 10.1 Å². The fourth-order valence-corrected chi connectivity index (χ4v) is 3.24. The first-order valence-electron chi connectivity index (χ1n) is 8.87. The lowest BCUT2D eigenvalue weighted by molar-refractivity contribution is -0.145. The summed E-state index contributed by atoms with van der Waals surface area (Å²) in [6.07, 6.45) is 1.05. The van der Waals surface area contributed by atoms with Gasteiger partial charge in [-0.05, 0) is 24.3 Å². The molecule has 1 aliphatic rings. The molecule has 8 nitrogen and oxygen atoms in total. The molecular weight excluding hydrogens is 383 g/mol. The number of esters is 1. The van der Waals surface area contributed by atoms with Crippen LogP contribution in [0.1, 0.15) is 16.9 Å². The number of nitrogens with zero attached hydrogens (tertiary/aromatic N) is 2. The largest absolute Gasteiger partial charge is 0.485 e. The fourth-order valence-electron chi connectivity index (χ4n) is 3.24. The molecule has 0 saturated carbocycles. The number of amides is 1.